The maximum Gasteiger partial charge on any atom is 0.241 e. The number of aliphatic hydroxyl groups is 1. The third-order valence-electron chi connectivity index (χ3n) is 5.56. The van der Waals surface area contributed by atoms with Crippen LogP contribution in [0, 0.1) is 18.8 Å². The van der Waals surface area contributed by atoms with Crippen molar-refractivity contribution in [2.24, 2.45) is 0 Å². The Kier molecular flexibility index (Phi) is 5.61. The second-order valence-corrected chi connectivity index (χ2v) is 8.29. The summed E-state index contributed by atoms with van der Waals surface area (Å²) >= 11 is 0. The highest BCUT2D eigenvalue weighted by Gasteiger charge is 2.24. The van der Waals surface area contributed by atoms with Gasteiger partial charge in [-0.25, -0.2) is 19.5 Å². The average molecular weight is 460 g/mol. The van der Waals surface area contributed by atoms with Gasteiger partial charge in [-0.1, -0.05) is 17.0 Å². The number of anilines is 2. The van der Waals surface area contributed by atoms with Gasteiger partial charge in [0.1, 0.15) is 17.8 Å². The van der Waals surface area contributed by atoms with E-state index in [1.807, 2.05) is 18.2 Å². The molecule has 3 aromatic heterocycles. The van der Waals surface area contributed by atoms with Crippen molar-refractivity contribution in [3.8, 4) is 17.8 Å². The largest absolute Gasteiger partial charge is 0.381 e. The van der Waals surface area contributed by atoms with Gasteiger partial charge in [0.25, 0.3) is 0 Å². The van der Waals surface area contributed by atoms with Gasteiger partial charge in [0, 0.05) is 30.9 Å². The summed E-state index contributed by atoms with van der Waals surface area (Å²) in [6, 6.07) is 7.45. The van der Waals surface area contributed by atoms with Gasteiger partial charge in [0.05, 0.1) is 11.0 Å². The lowest BCUT2D eigenvalue weighted by atomic mass is 10.0. The van der Waals surface area contributed by atoms with Gasteiger partial charge in [0.2, 0.25) is 17.8 Å². The molecule has 0 saturated carbocycles. The van der Waals surface area contributed by atoms with E-state index in [1.165, 1.54) is 6.33 Å². The van der Waals surface area contributed by atoms with Crippen LogP contribution in [0.15, 0.2) is 35.1 Å². The number of nitrogen functional groups attached to an aromatic ring is 1. The second-order valence-electron chi connectivity index (χ2n) is 8.29. The lowest BCUT2D eigenvalue weighted by molar-refractivity contribution is 0.0903. The molecule has 0 aliphatic carbocycles. The van der Waals surface area contributed by atoms with Crippen molar-refractivity contribution in [2.45, 2.75) is 38.3 Å². The lowest BCUT2D eigenvalue weighted by Crippen LogP contribution is -2.29. The van der Waals surface area contributed by atoms with Crippen molar-refractivity contribution in [1.82, 2.24) is 29.7 Å². The molecule has 34 heavy (non-hydrogen) atoms. The smallest absolute Gasteiger partial charge is 0.241 e. The number of benzene rings is 1. The summed E-state index contributed by atoms with van der Waals surface area (Å²) in [5.41, 5.74) is 6.86. The Hall–Kier alpha value is -4.01. The number of rotatable bonds is 4. The van der Waals surface area contributed by atoms with Gasteiger partial charge >= 0.3 is 0 Å². The van der Waals surface area contributed by atoms with Crippen LogP contribution < -0.4 is 11.1 Å². The molecule has 4 heterocycles. The van der Waals surface area contributed by atoms with Crippen molar-refractivity contribution >= 4 is 22.9 Å². The number of nitrogens with zero attached hydrogens (tertiary/aromatic N) is 6. The van der Waals surface area contributed by atoms with E-state index in [0.29, 0.717) is 42.1 Å². The zero-order valence-corrected chi connectivity index (χ0v) is 18.8. The molecule has 5 rings (SSSR count). The molecule has 1 fully saturated rings. The van der Waals surface area contributed by atoms with Crippen LogP contribution in [-0.4, -0.2) is 54.0 Å². The Bertz CT molecular complexity index is 1390. The molecule has 0 radical (unpaired) electrons. The van der Waals surface area contributed by atoms with Crippen molar-refractivity contribution in [1.29, 1.82) is 0 Å². The Morgan fingerprint density at radius 2 is 2.03 bits per heavy atom. The molecule has 0 bridgehead atoms. The van der Waals surface area contributed by atoms with Gasteiger partial charge in [-0.2, -0.15) is 4.98 Å². The van der Waals surface area contributed by atoms with E-state index in [-0.39, 0.29) is 12.0 Å². The molecule has 1 aliphatic heterocycles. The summed E-state index contributed by atoms with van der Waals surface area (Å²) in [5.74, 6) is 7.56. The zero-order valence-electron chi connectivity index (χ0n) is 18.8. The number of nitrogens with one attached hydrogen (secondary N) is 1. The summed E-state index contributed by atoms with van der Waals surface area (Å²) in [6.07, 6.45) is 3.11. The molecular weight excluding hydrogens is 436 g/mol. The maximum atomic E-state index is 10.7. The zero-order chi connectivity index (χ0) is 23.7. The third kappa shape index (κ3) is 4.41. The van der Waals surface area contributed by atoms with Gasteiger partial charge in [-0.15, -0.1) is 0 Å². The van der Waals surface area contributed by atoms with Gasteiger partial charge in [-0.05, 0) is 44.9 Å². The number of imidazole rings is 1. The number of hydrogen-bond donors (Lipinski definition) is 3. The fourth-order valence-electron chi connectivity index (χ4n) is 3.74. The number of aryl methyl sites for hydroxylation is 1. The van der Waals surface area contributed by atoms with Crippen molar-refractivity contribution in [3.05, 3.63) is 47.6 Å². The van der Waals surface area contributed by atoms with Crippen LogP contribution in [-0.2, 0) is 10.3 Å². The van der Waals surface area contributed by atoms with E-state index in [9.17, 15) is 5.11 Å². The van der Waals surface area contributed by atoms with Crippen molar-refractivity contribution in [2.75, 3.05) is 24.3 Å². The number of ether oxygens (including phenoxy) is 1. The molecule has 1 aromatic carbocycles. The Morgan fingerprint density at radius 1 is 1.21 bits per heavy atom. The molecule has 11 heteroatoms. The van der Waals surface area contributed by atoms with Gasteiger partial charge in [-0.3, -0.25) is 0 Å². The summed E-state index contributed by atoms with van der Waals surface area (Å²) in [5, 5.41) is 18.1. The normalized spacial score (nSPS) is 16.1. The Balaban J connectivity index is 1.56. The molecular formula is C23H24N8O3. The number of nitrogens with two attached hydrogens (primary N) is 1. The molecule has 174 valence electrons. The summed E-state index contributed by atoms with van der Waals surface area (Å²) in [6.45, 7) is 4.72. The van der Waals surface area contributed by atoms with Crippen LogP contribution in [0.25, 0.3) is 17.0 Å². The molecule has 1 atom stereocenters. The monoisotopic (exact) mass is 460 g/mol. The van der Waals surface area contributed by atoms with Crippen LogP contribution in [0.5, 0.6) is 0 Å². The van der Waals surface area contributed by atoms with E-state index in [4.69, 9.17) is 20.0 Å². The average Bonchev–Trinajstić information content (AvgIpc) is 3.42. The van der Waals surface area contributed by atoms with Gasteiger partial charge in [0.15, 0.2) is 5.60 Å². The summed E-state index contributed by atoms with van der Waals surface area (Å²) < 4.78 is 12.3. The fourth-order valence-corrected chi connectivity index (χ4v) is 3.74. The quantitative estimate of drug-likeness (QED) is 0.386. The minimum Gasteiger partial charge on any atom is -0.381 e. The van der Waals surface area contributed by atoms with Crippen molar-refractivity contribution < 1.29 is 14.4 Å². The Morgan fingerprint density at radius 3 is 2.76 bits per heavy atom. The van der Waals surface area contributed by atoms with Crippen molar-refractivity contribution in [3.63, 3.8) is 0 Å². The molecule has 0 amide bonds. The lowest BCUT2D eigenvalue weighted by Gasteiger charge is -2.23. The summed E-state index contributed by atoms with van der Waals surface area (Å²) in [4.78, 5) is 17.3. The van der Waals surface area contributed by atoms with E-state index >= 15 is 0 Å². The van der Waals surface area contributed by atoms with Crippen LogP contribution in [0.1, 0.15) is 36.8 Å². The topological polar surface area (TPSA) is 150 Å². The first kappa shape index (κ1) is 21.8. The Labute approximate surface area is 195 Å². The first-order valence-electron chi connectivity index (χ1n) is 10.9. The highest BCUT2D eigenvalue weighted by Crippen LogP contribution is 2.26. The molecule has 4 N–H and O–H groups in total. The van der Waals surface area contributed by atoms with Crippen LogP contribution in [0.4, 0.5) is 11.9 Å². The standard InChI is InChI=1S/C23H24N8O3/c1-14-11-19(30-34-14)23(2,32)8-5-15-3-4-17-18(12-15)31(21-26-13-25-20(24)29-21)22(28-17)27-16-6-9-33-10-7-16/h3-4,11-13,16,32H,6-7,9-10H2,1-2H3,(H,27,28)(H2,24,25,26,29)/t23-/m1/s1. The molecule has 1 saturated heterocycles. The number of hydrogen-bond acceptors (Lipinski definition) is 10. The number of fused-ring (bicyclic) bond motifs is 1. The highest BCUT2D eigenvalue weighted by atomic mass is 16.5. The predicted octanol–water partition coefficient (Wildman–Crippen LogP) is 1.94. The minimum absolute atomic E-state index is 0.110. The molecule has 11 nitrogen and oxygen atoms in total. The molecule has 0 spiro atoms. The first-order valence-corrected chi connectivity index (χ1v) is 10.9. The molecule has 1 aliphatic rings. The summed E-state index contributed by atoms with van der Waals surface area (Å²) in [7, 11) is 0. The predicted molar refractivity (Wildman–Crippen MR) is 124 cm³/mol. The third-order valence-corrected chi connectivity index (χ3v) is 5.56. The molecule has 0 unspecified atom stereocenters. The second kappa shape index (κ2) is 8.74. The number of aromatic nitrogens is 6. The maximum absolute atomic E-state index is 10.7. The van der Waals surface area contributed by atoms with Crippen LogP contribution in [0.3, 0.4) is 0 Å². The fraction of sp³-hybridized carbons (Fsp3) is 0.348. The van der Waals surface area contributed by atoms with E-state index in [1.54, 1.807) is 24.5 Å². The van der Waals surface area contributed by atoms with E-state index in [0.717, 1.165) is 23.9 Å². The minimum atomic E-state index is -1.47. The van der Waals surface area contributed by atoms with Crippen LogP contribution in [0.2, 0.25) is 0 Å². The van der Waals surface area contributed by atoms with Crippen LogP contribution >= 0.6 is 0 Å². The van der Waals surface area contributed by atoms with E-state index < -0.39 is 5.60 Å². The first-order chi connectivity index (χ1) is 16.4. The highest BCUT2D eigenvalue weighted by molar-refractivity contribution is 5.82. The SMILES string of the molecule is Cc1cc([C@](C)(O)C#Cc2ccc3nc(NC4CCOCC4)n(-c4ncnc(N)n4)c3c2)no1. The van der Waals surface area contributed by atoms with E-state index in [2.05, 4.69) is 37.3 Å². The van der Waals surface area contributed by atoms with Gasteiger partial charge < -0.3 is 25.4 Å². The molecule has 4 aromatic rings.